The number of rotatable bonds is 7. The predicted octanol–water partition coefficient (Wildman–Crippen LogP) is 2.73. The van der Waals surface area contributed by atoms with E-state index in [4.69, 9.17) is 4.99 Å². The number of anilines is 1. The highest BCUT2D eigenvalue weighted by Gasteiger charge is 2.22. The molecule has 1 aromatic rings. The van der Waals surface area contributed by atoms with Crippen LogP contribution in [0.1, 0.15) is 31.7 Å². The molecule has 28 heavy (non-hydrogen) atoms. The first-order valence-corrected chi connectivity index (χ1v) is 10.0. The summed E-state index contributed by atoms with van der Waals surface area (Å²) in [7, 11) is 5.82. The van der Waals surface area contributed by atoms with Gasteiger partial charge in [-0.3, -0.25) is 9.79 Å². The highest BCUT2D eigenvalue weighted by molar-refractivity contribution is 14.0. The fraction of sp³-hybridized carbons (Fsp3) is 0.619. The zero-order valence-corrected chi connectivity index (χ0v) is 20.0. The Morgan fingerprint density at radius 2 is 1.86 bits per heavy atom. The molecular formula is C21H36IN5O. The maximum atomic E-state index is 11.6. The number of halogens is 1. The second-order valence-electron chi connectivity index (χ2n) is 7.35. The van der Waals surface area contributed by atoms with Gasteiger partial charge in [0, 0.05) is 59.4 Å². The average Bonchev–Trinajstić information content (AvgIpc) is 2.68. The van der Waals surface area contributed by atoms with Gasteiger partial charge in [0.05, 0.1) is 0 Å². The van der Waals surface area contributed by atoms with E-state index in [2.05, 4.69) is 65.7 Å². The van der Waals surface area contributed by atoms with Gasteiger partial charge in [-0.1, -0.05) is 12.1 Å². The molecule has 0 spiro atoms. The van der Waals surface area contributed by atoms with Crippen molar-refractivity contribution in [1.82, 2.24) is 15.5 Å². The number of nitrogens with zero attached hydrogens (tertiary/aromatic N) is 3. The lowest BCUT2D eigenvalue weighted by molar-refractivity contribution is -0.121. The van der Waals surface area contributed by atoms with Crippen LogP contribution in [0.25, 0.3) is 0 Å². The zero-order valence-electron chi connectivity index (χ0n) is 17.7. The topological polar surface area (TPSA) is 60.0 Å². The molecule has 1 fully saturated rings. The van der Waals surface area contributed by atoms with Crippen LogP contribution in [0.2, 0.25) is 0 Å². The molecule has 158 valence electrons. The van der Waals surface area contributed by atoms with Crippen molar-refractivity contribution in [2.75, 3.05) is 52.2 Å². The molecule has 1 saturated heterocycles. The summed E-state index contributed by atoms with van der Waals surface area (Å²) in [6, 6.07) is 8.67. The summed E-state index contributed by atoms with van der Waals surface area (Å²) in [5.41, 5.74) is 2.53. The molecule has 2 rings (SSSR count). The van der Waals surface area contributed by atoms with E-state index in [1.807, 2.05) is 0 Å². The maximum absolute atomic E-state index is 11.6. The molecule has 2 N–H and O–H groups in total. The number of amides is 1. The molecular weight excluding hydrogens is 465 g/mol. The van der Waals surface area contributed by atoms with Crippen LogP contribution in [-0.2, 0) is 11.2 Å². The van der Waals surface area contributed by atoms with Crippen molar-refractivity contribution in [2.45, 2.75) is 32.6 Å². The van der Waals surface area contributed by atoms with Crippen molar-refractivity contribution >= 4 is 41.5 Å². The Labute approximate surface area is 187 Å². The summed E-state index contributed by atoms with van der Waals surface area (Å²) in [4.78, 5) is 20.8. The van der Waals surface area contributed by atoms with Crippen molar-refractivity contribution < 1.29 is 4.79 Å². The molecule has 1 aliphatic heterocycles. The van der Waals surface area contributed by atoms with E-state index in [-0.39, 0.29) is 29.9 Å². The number of carbonyl (C=O) groups is 1. The molecule has 1 aromatic carbocycles. The third-order valence-electron chi connectivity index (χ3n) is 5.12. The van der Waals surface area contributed by atoms with E-state index in [0.29, 0.717) is 12.3 Å². The molecule has 0 bridgehead atoms. The second-order valence-corrected chi connectivity index (χ2v) is 7.35. The minimum atomic E-state index is 0. The molecule has 7 heteroatoms. The fourth-order valence-electron chi connectivity index (χ4n) is 3.39. The largest absolute Gasteiger partial charge is 0.378 e. The number of carbonyl (C=O) groups excluding carboxylic acids is 1. The highest BCUT2D eigenvalue weighted by atomic mass is 127. The molecule has 0 unspecified atom stereocenters. The van der Waals surface area contributed by atoms with E-state index < -0.39 is 0 Å². The van der Waals surface area contributed by atoms with Crippen LogP contribution in [0.3, 0.4) is 0 Å². The van der Waals surface area contributed by atoms with E-state index >= 15 is 0 Å². The normalized spacial score (nSPS) is 15.0. The third-order valence-corrected chi connectivity index (χ3v) is 5.12. The molecule has 1 heterocycles. The number of hydrogen-bond donors (Lipinski definition) is 2. The first-order valence-electron chi connectivity index (χ1n) is 10.0. The zero-order chi connectivity index (χ0) is 19.6. The first kappa shape index (κ1) is 24.5. The van der Waals surface area contributed by atoms with Crippen LogP contribution >= 0.6 is 24.0 Å². The fourth-order valence-corrected chi connectivity index (χ4v) is 3.39. The Morgan fingerprint density at radius 3 is 2.39 bits per heavy atom. The summed E-state index contributed by atoms with van der Waals surface area (Å²) < 4.78 is 0. The number of likely N-dealkylation sites (tertiary alicyclic amines) is 1. The molecule has 1 amide bonds. The van der Waals surface area contributed by atoms with Gasteiger partial charge in [-0.2, -0.15) is 0 Å². The number of nitrogens with one attached hydrogen (secondary N) is 2. The van der Waals surface area contributed by atoms with E-state index in [0.717, 1.165) is 51.4 Å². The Kier molecular flexibility index (Phi) is 11.3. The molecule has 0 atom stereocenters. The predicted molar refractivity (Wildman–Crippen MR) is 129 cm³/mol. The van der Waals surface area contributed by atoms with Gasteiger partial charge in [0.15, 0.2) is 5.96 Å². The van der Waals surface area contributed by atoms with Gasteiger partial charge in [0.25, 0.3) is 0 Å². The number of hydrogen-bond acceptors (Lipinski definition) is 3. The number of benzene rings is 1. The number of guanidine groups is 1. The monoisotopic (exact) mass is 501 g/mol. The van der Waals surface area contributed by atoms with Crippen LogP contribution in [-0.4, -0.2) is 64.1 Å². The Balaban J connectivity index is 0.00000392. The van der Waals surface area contributed by atoms with Gasteiger partial charge in [0.1, 0.15) is 0 Å². The van der Waals surface area contributed by atoms with Crippen molar-refractivity contribution in [3.05, 3.63) is 29.8 Å². The van der Waals surface area contributed by atoms with Crippen molar-refractivity contribution in [1.29, 1.82) is 0 Å². The summed E-state index contributed by atoms with van der Waals surface area (Å²) >= 11 is 0. The van der Waals surface area contributed by atoms with Crippen molar-refractivity contribution in [3.8, 4) is 0 Å². The highest BCUT2D eigenvalue weighted by Crippen LogP contribution is 2.20. The van der Waals surface area contributed by atoms with E-state index in [1.165, 1.54) is 11.3 Å². The molecule has 0 radical (unpaired) electrons. The maximum Gasteiger partial charge on any atom is 0.220 e. The van der Waals surface area contributed by atoms with Gasteiger partial charge in [-0.05, 0) is 49.8 Å². The Hall–Kier alpha value is -1.51. The van der Waals surface area contributed by atoms with Crippen molar-refractivity contribution in [3.63, 3.8) is 0 Å². The molecule has 0 aliphatic carbocycles. The van der Waals surface area contributed by atoms with Crippen LogP contribution in [0, 0.1) is 5.92 Å². The lowest BCUT2D eigenvalue weighted by atomic mass is 9.93. The molecule has 1 aliphatic rings. The van der Waals surface area contributed by atoms with Gasteiger partial charge in [0.2, 0.25) is 5.91 Å². The van der Waals surface area contributed by atoms with Crippen LogP contribution in [0.5, 0.6) is 0 Å². The van der Waals surface area contributed by atoms with Gasteiger partial charge >= 0.3 is 0 Å². The Bertz CT molecular complexity index is 610. The first-order chi connectivity index (χ1) is 13.0. The minimum Gasteiger partial charge on any atom is -0.378 e. The molecule has 0 aromatic heterocycles. The lowest BCUT2D eigenvalue weighted by Crippen LogP contribution is -2.46. The number of piperidine rings is 1. The standard InChI is InChI=1S/C21H35N5O.HI/c1-5-23-21(26-14-11-18(12-15-26)16-20(27)22-2)24-13-10-17-6-8-19(9-7-17)25(3)4;/h6-9,18H,5,10-16H2,1-4H3,(H,22,27)(H,23,24);1H. The second kappa shape index (κ2) is 12.9. The Morgan fingerprint density at radius 1 is 1.21 bits per heavy atom. The van der Waals surface area contributed by atoms with Crippen LogP contribution < -0.4 is 15.5 Å². The SMILES string of the molecule is CCNC(=NCCc1ccc(N(C)C)cc1)N1CCC(CC(=O)NC)CC1.I. The quantitative estimate of drug-likeness (QED) is 0.343. The van der Waals surface area contributed by atoms with E-state index in [9.17, 15) is 4.79 Å². The van der Waals surface area contributed by atoms with Gasteiger partial charge < -0.3 is 20.4 Å². The van der Waals surface area contributed by atoms with E-state index in [1.54, 1.807) is 7.05 Å². The lowest BCUT2D eigenvalue weighted by Gasteiger charge is -2.34. The van der Waals surface area contributed by atoms with Crippen LogP contribution in [0.15, 0.2) is 29.3 Å². The average molecular weight is 501 g/mol. The summed E-state index contributed by atoms with van der Waals surface area (Å²) in [5.74, 6) is 1.63. The molecule has 0 saturated carbocycles. The summed E-state index contributed by atoms with van der Waals surface area (Å²) in [6.07, 6.45) is 3.67. The summed E-state index contributed by atoms with van der Waals surface area (Å²) in [5, 5.41) is 6.15. The smallest absolute Gasteiger partial charge is 0.220 e. The number of aliphatic imine (C=N–C) groups is 1. The van der Waals surface area contributed by atoms with Gasteiger partial charge in [-0.25, -0.2) is 0 Å². The van der Waals surface area contributed by atoms with Crippen molar-refractivity contribution in [2.24, 2.45) is 10.9 Å². The van der Waals surface area contributed by atoms with Crippen LogP contribution in [0.4, 0.5) is 5.69 Å². The summed E-state index contributed by atoms with van der Waals surface area (Å²) in [6.45, 7) is 5.68. The third kappa shape index (κ3) is 7.85. The minimum absolute atomic E-state index is 0. The van der Waals surface area contributed by atoms with Gasteiger partial charge in [-0.15, -0.1) is 24.0 Å². The molecule has 6 nitrogen and oxygen atoms in total.